The van der Waals surface area contributed by atoms with E-state index in [0.29, 0.717) is 24.7 Å². The van der Waals surface area contributed by atoms with Gasteiger partial charge in [-0.2, -0.15) is 0 Å². The Kier molecular flexibility index (Phi) is 4.48. The van der Waals surface area contributed by atoms with Crippen molar-refractivity contribution >= 4 is 11.7 Å². The number of carbonyl (C=O) groups excluding carboxylic acids is 1. The minimum Gasteiger partial charge on any atom is -0.448 e. The van der Waals surface area contributed by atoms with Crippen LogP contribution in [0.1, 0.15) is 29.2 Å². The van der Waals surface area contributed by atoms with Crippen molar-refractivity contribution in [2.45, 2.75) is 25.4 Å². The summed E-state index contributed by atoms with van der Waals surface area (Å²) < 4.78 is 18.0. The molecule has 1 amide bonds. The van der Waals surface area contributed by atoms with Crippen LogP contribution in [0.25, 0.3) is 0 Å². The monoisotopic (exact) mass is 334 g/mol. The van der Waals surface area contributed by atoms with Crippen LogP contribution in [0.2, 0.25) is 0 Å². The molecule has 8 heteroatoms. The van der Waals surface area contributed by atoms with Gasteiger partial charge in [-0.3, -0.25) is 4.79 Å². The van der Waals surface area contributed by atoms with Gasteiger partial charge in [0.05, 0.1) is 11.8 Å². The van der Waals surface area contributed by atoms with Gasteiger partial charge in [0.1, 0.15) is 17.9 Å². The van der Waals surface area contributed by atoms with Gasteiger partial charge < -0.3 is 19.7 Å². The van der Waals surface area contributed by atoms with Gasteiger partial charge in [-0.1, -0.05) is 0 Å². The molecule has 0 aliphatic carbocycles. The van der Waals surface area contributed by atoms with Crippen LogP contribution >= 0.6 is 0 Å². The number of nitrogens with one attached hydrogen (secondary N) is 1. The number of β-amino-alcohol motifs (C(OH)–C–C–N with tert-alkyl or cyclic N) is 1. The average molecular weight is 334 g/mol. The van der Waals surface area contributed by atoms with E-state index in [9.17, 15) is 14.3 Å². The molecule has 0 saturated carbocycles. The number of piperidine rings is 1. The van der Waals surface area contributed by atoms with Crippen LogP contribution in [0, 0.1) is 12.7 Å². The molecule has 2 aromatic rings. The summed E-state index contributed by atoms with van der Waals surface area (Å²) in [7, 11) is 0. The molecular formula is C16H19FN4O3. The van der Waals surface area contributed by atoms with Crippen molar-refractivity contribution in [3.05, 3.63) is 42.0 Å². The van der Waals surface area contributed by atoms with Gasteiger partial charge in [0.2, 0.25) is 0 Å². The van der Waals surface area contributed by atoms with Gasteiger partial charge in [0.25, 0.3) is 5.91 Å². The van der Waals surface area contributed by atoms with E-state index in [2.05, 4.69) is 15.3 Å². The molecule has 1 aliphatic heterocycles. The molecule has 0 bridgehead atoms. The predicted octanol–water partition coefficient (Wildman–Crippen LogP) is 1.28. The average Bonchev–Trinajstić information content (AvgIpc) is 3.00. The minimum absolute atomic E-state index is 0.0927. The predicted molar refractivity (Wildman–Crippen MR) is 84.2 cm³/mol. The number of amides is 1. The SMILES string of the molecule is Cc1nc(C(=O)NC[C@]2(O)CCCN(c3ccc(F)cn3)C2)co1. The lowest BCUT2D eigenvalue weighted by atomic mass is 9.92. The largest absolute Gasteiger partial charge is 0.448 e. The number of pyridine rings is 1. The van der Waals surface area contributed by atoms with Gasteiger partial charge in [-0.15, -0.1) is 0 Å². The molecule has 1 fully saturated rings. The molecule has 1 atom stereocenters. The zero-order valence-corrected chi connectivity index (χ0v) is 13.3. The van der Waals surface area contributed by atoms with E-state index in [1.807, 2.05) is 4.90 Å². The van der Waals surface area contributed by atoms with Crippen molar-refractivity contribution in [3.8, 4) is 0 Å². The molecular weight excluding hydrogens is 315 g/mol. The third kappa shape index (κ3) is 3.70. The molecule has 7 nitrogen and oxygen atoms in total. The van der Waals surface area contributed by atoms with E-state index in [0.717, 1.165) is 19.2 Å². The maximum atomic E-state index is 13.0. The Hall–Kier alpha value is -2.48. The summed E-state index contributed by atoms with van der Waals surface area (Å²) >= 11 is 0. The fourth-order valence-corrected chi connectivity index (χ4v) is 2.81. The third-order valence-electron chi connectivity index (χ3n) is 4.02. The molecule has 3 heterocycles. The Balaban J connectivity index is 1.62. The Morgan fingerprint density at radius 3 is 3.04 bits per heavy atom. The molecule has 0 spiro atoms. The van der Waals surface area contributed by atoms with E-state index >= 15 is 0 Å². The Labute approximate surface area is 138 Å². The number of halogens is 1. The number of aromatic nitrogens is 2. The lowest BCUT2D eigenvalue weighted by molar-refractivity contribution is 0.0253. The number of hydrogen-bond acceptors (Lipinski definition) is 6. The summed E-state index contributed by atoms with van der Waals surface area (Å²) in [5.74, 6) is 0.219. The smallest absolute Gasteiger partial charge is 0.273 e. The summed E-state index contributed by atoms with van der Waals surface area (Å²) in [5.41, 5.74) is -0.896. The summed E-state index contributed by atoms with van der Waals surface area (Å²) in [5, 5.41) is 13.4. The third-order valence-corrected chi connectivity index (χ3v) is 4.02. The van der Waals surface area contributed by atoms with Crippen LogP contribution in [0.5, 0.6) is 0 Å². The van der Waals surface area contributed by atoms with E-state index in [1.165, 1.54) is 12.3 Å². The number of oxazole rings is 1. The number of carbonyl (C=O) groups is 1. The van der Waals surface area contributed by atoms with E-state index in [1.54, 1.807) is 13.0 Å². The Morgan fingerprint density at radius 2 is 2.38 bits per heavy atom. The van der Waals surface area contributed by atoms with Crippen LogP contribution in [-0.2, 0) is 0 Å². The van der Waals surface area contributed by atoms with Crippen molar-refractivity contribution < 1.29 is 18.7 Å². The van der Waals surface area contributed by atoms with Crippen molar-refractivity contribution in [1.29, 1.82) is 0 Å². The van der Waals surface area contributed by atoms with E-state index in [-0.39, 0.29) is 12.2 Å². The van der Waals surface area contributed by atoms with Crippen LogP contribution in [0.4, 0.5) is 10.2 Å². The van der Waals surface area contributed by atoms with Crippen LogP contribution in [0.15, 0.2) is 29.0 Å². The van der Waals surface area contributed by atoms with Gasteiger partial charge in [0.15, 0.2) is 11.6 Å². The number of hydrogen-bond donors (Lipinski definition) is 2. The quantitative estimate of drug-likeness (QED) is 0.875. The van der Waals surface area contributed by atoms with Gasteiger partial charge in [-0.05, 0) is 25.0 Å². The highest BCUT2D eigenvalue weighted by molar-refractivity contribution is 5.91. The van der Waals surface area contributed by atoms with Gasteiger partial charge in [0, 0.05) is 26.6 Å². The van der Waals surface area contributed by atoms with Crippen molar-refractivity contribution in [2.24, 2.45) is 0 Å². The molecule has 2 aromatic heterocycles. The molecule has 0 radical (unpaired) electrons. The minimum atomic E-state index is -1.08. The highest BCUT2D eigenvalue weighted by Gasteiger charge is 2.34. The molecule has 1 aliphatic rings. The molecule has 0 aromatic carbocycles. The summed E-state index contributed by atoms with van der Waals surface area (Å²) in [6.07, 6.45) is 3.74. The fraction of sp³-hybridized carbons (Fsp3) is 0.438. The number of rotatable bonds is 4. The normalized spacial score (nSPS) is 20.9. The first kappa shape index (κ1) is 16.4. The maximum absolute atomic E-state index is 13.0. The second kappa shape index (κ2) is 6.56. The van der Waals surface area contributed by atoms with Crippen molar-refractivity contribution in [2.75, 3.05) is 24.5 Å². The molecule has 1 saturated heterocycles. The number of aliphatic hydroxyl groups is 1. The van der Waals surface area contributed by atoms with Gasteiger partial charge >= 0.3 is 0 Å². The zero-order chi connectivity index (χ0) is 17.2. The standard InChI is InChI=1S/C16H19FN4O3/c1-11-20-13(8-24-11)15(22)19-9-16(23)5-2-6-21(10-16)14-4-3-12(17)7-18-14/h3-4,7-8,23H,2,5-6,9-10H2,1H3,(H,19,22)/t16-/m1/s1. The first-order valence-corrected chi connectivity index (χ1v) is 7.74. The first-order valence-electron chi connectivity index (χ1n) is 7.74. The Morgan fingerprint density at radius 1 is 1.54 bits per heavy atom. The zero-order valence-electron chi connectivity index (χ0n) is 13.3. The van der Waals surface area contributed by atoms with Gasteiger partial charge in [-0.25, -0.2) is 14.4 Å². The summed E-state index contributed by atoms with van der Waals surface area (Å²) in [4.78, 5) is 21.9. The molecule has 3 rings (SSSR count). The lowest BCUT2D eigenvalue weighted by Gasteiger charge is -2.39. The number of aryl methyl sites for hydroxylation is 1. The second-order valence-electron chi connectivity index (χ2n) is 6.02. The van der Waals surface area contributed by atoms with Crippen LogP contribution in [-0.4, -0.2) is 46.2 Å². The fourth-order valence-electron chi connectivity index (χ4n) is 2.81. The van der Waals surface area contributed by atoms with Crippen molar-refractivity contribution in [1.82, 2.24) is 15.3 Å². The second-order valence-corrected chi connectivity index (χ2v) is 6.02. The first-order chi connectivity index (χ1) is 11.5. The highest BCUT2D eigenvalue weighted by Crippen LogP contribution is 2.24. The molecule has 24 heavy (non-hydrogen) atoms. The number of anilines is 1. The van der Waals surface area contributed by atoms with Crippen molar-refractivity contribution in [3.63, 3.8) is 0 Å². The van der Waals surface area contributed by atoms with E-state index in [4.69, 9.17) is 4.42 Å². The van der Waals surface area contributed by atoms with Crippen LogP contribution < -0.4 is 10.2 Å². The summed E-state index contributed by atoms with van der Waals surface area (Å²) in [6.45, 7) is 2.77. The van der Waals surface area contributed by atoms with Crippen LogP contribution in [0.3, 0.4) is 0 Å². The maximum Gasteiger partial charge on any atom is 0.273 e. The Bertz CT molecular complexity index is 718. The molecule has 0 unspecified atom stereocenters. The molecule has 2 N–H and O–H groups in total. The molecule has 128 valence electrons. The topological polar surface area (TPSA) is 91.5 Å². The number of nitrogens with zero attached hydrogens (tertiary/aromatic N) is 3. The highest BCUT2D eigenvalue weighted by atomic mass is 19.1. The lowest BCUT2D eigenvalue weighted by Crippen LogP contribution is -2.54. The van der Waals surface area contributed by atoms with E-state index < -0.39 is 17.3 Å². The summed E-state index contributed by atoms with van der Waals surface area (Å²) in [6, 6.07) is 2.92.